The largest absolute Gasteiger partial charge is 0.507 e. The molecule has 82 valence electrons. The molecule has 0 amide bonds. The smallest absolute Gasteiger partial charge is 0.127 e. The lowest BCUT2D eigenvalue weighted by Crippen LogP contribution is -1.84. The molecule has 2 aromatic rings. The van der Waals surface area contributed by atoms with Gasteiger partial charge in [-0.1, -0.05) is 17.7 Å². The van der Waals surface area contributed by atoms with Crippen LogP contribution in [0.15, 0.2) is 36.4 Å². The molecule has 2 nitrogen and oxygen atoms in total. The van der Waals surface area contributed by atoms with E-state index in [1.807, 2.05) is 0 Å². The zero-order chi connectivity index (χ0) is 11.7. The van der Waals surface area contributed by atoms with Gasteiger partial charge in [-0.3, -0.25) is 0 Å². The number of phenols is 2. The molecule has 0 unspecified atom stereocenters. The Morgan fingerprint density at radius 2 is 1.62 bits per heavy atom. The minimum Gasteiger partial charge on any atom is -0.507 e. The fraction of sp³-hybridized carbons (Fsp3) is 0. The van der Waals surface area contributed by atoms with Crippen LogP contribution in [0, 0.1) is 5.82 Å². The first-order chi connectivity index (χ1) is 7.59. The van der Waals surface area contributed by atoms with Crippen molar-refractivity contribution in [2.75, 3.05) is 0 Å². The Hall–Kier alpha value is -1.74. The summed E-state index contributed by atoms with van der Waals surface area (Å²) in [6.45, 7) is 0. The number of benzene rings is 2. The van der Waals surface area contributed by atoms with Gasteiger partial charge in [0.1, 0.15) is 17.3 Å². The van der Waals surface area contributed by atoms with Gasteiger partial charge in [0, 0.05) is 10.6 Å². The van der Waals surface area contributed by atoms with Crippen molar-refractivity contribution < 1.29 is 14.6 Å². The van der Waals surface area contributed by atoms with E-state index in [-0.39, 0.29) is 27.6 Å². The maximum atomic E-state index is 13.1. The highest BCUT2D eigenvalue weighted by Crippen LogP contribution is 2.40. The second-order valence-corrected chi connectivity index (χ2v) is 3.70. The first-order valence-electron chi connectivity index (χ1n) is 4.56. The van der Waals surface area contributed by atoms with E-state index >= 15 is 0 Å². The Morgan fingerprint density at radius 1 is 1.00 bits per heavy atom. The summed E-state index contributed by atoms with van der Waals surface area (Å²) < 4.78 is 13.1. The minimum absolute atomic E-state index is 0.131. The molecule has 0 heterocycles. The van der Waals surface area contributed by atoms with E-state index in [0.29, 0.717) is 0 Å². The Kier molecular flexibility index (Phi) is 2.71. The van der Waals surface area contributed by atoms with E-state index in [9.17, 15) is 14.6 Å². The van der Waals surface area contributed by atoms with Gasteiger partial charge in [-0.25, -0.2) is 4.39 Å². The second kappa shape index (κ2) is 4.02. The predicted molar refractivity (Wildman–Crippen MR) is 60.2 cm³/mol. The van der Waals surface area contributed by atoms with Crippen molar-refractivity contribution in [1.82, 2.24) is 0 Å². The van der Waals surface area contributed by atoms with Crippen molar-refractivity contribution in [3.05, 3.63) is 47.2 Å². The molecule has 0 saturated heterocycles. The molecule has 0 bridgehead atoms. The molecule has 0 aromatic heterocycles. The molecule has 0 aliphatic rings. The summed E-state index contributed by atoms with van der Waals surface area (Å²) in [7, 11) is 0. The fourth-order valence-electron chi connectivity index (χ4n) is 1.49. The van der Waals surface area contributed by atoms with Crippen LogP contribution in [0.4, 0.5) is 4.39 Å². The molecule has 0 spiro atoms. The predicted octanol–water partition coefficient (Wildman–Crippen LogP) is 3.56. The Balaban J connectivity index is 2.72. The molecular formula is C12H8ClFO2. The standard InChI is InChI=1S/C12H8ClFO2/c13-9-5-4-7(14)6-8(9)12-10(15)2-1-3-11(12)16/h1-6,15-16H. The summed E-state index contributed by atoms with van der Waals surface area (Å²) in [5, 5.41) is 19.5. The van der Waals surface area contributed by atoms with Crippen LogP contribution in [-0.4, -0.2) is 10.2 Å². The maximum Gasteiger partial charge on any atom is 0.127 e. The number of rotatable bonds is 1. The lowest BCUT2D eigenvalue weighted by Gasteiger charge is -2.08. The normalized spacial score (nSPS) is 10.4. The molecule has 0 saturated carbocycles. The van der Waals surface area contributed by atoms with E-state index < -0.39 is 5.82 Å². The lowest BCUT2D eigenvalue weighted by molar-refractivity contribution is 0.454. The highest BCUT2D eigenvalue weighted by atomic mass is 35.5. The highest BCUT2D eigenvalue weighted by Gasteiger charge is 2.13. The zero-order valence-corrected chi connectivity index (χ0v) is 8.87. The van der Waals surface area contributed by atoms with Crippen LogP contribution < -0.4 is 0 Å². The summed E-state index contributed by atoms with van der Waals surface area (Å²) in [4.78, 5) is 0. The summed E-state index contributed by atoms with van der Waals surface area (Å²) in [5.41, 5.74) is 0.393. The molecule has 0 atom stereocenters. The molecule has 0 aliphatic carbocycles. The van der Waals surface area contributed by atoms with Gasteiger partial charge in [0.25, 0.3) is 0 Å². The number of hydrogen-bond acceptors (Lipinski definition) is 2. The monoisotopic (exact) mass is 238 g/mol. The molecule has 2 N–H and O–H groups in total. The van der Waals surface area contributed by atoms with Gasteiger partial charge in [0.05, 0.1) is 5.56 Å². The van der Waals surface area contributed by atoms with Crippen LogP contribution in [0.3, 0.4) is 0 Å². The van der Waals surface area contributed by atoms with Gasteiger partial charge < -0.3 is 10.2 Å². The Bertz CT molecular complexity index is 520. The summed E-state index contributed by atoms with van der Waals surface area (Å²) in [5.74, 6) is -0.776. The molecule has 2 aromatic carbocycles. The first-order valence-corrected chi connectivity index (χ1v) is 4.94. The van der Waals surface area contributed by atoms with Gasteiger partial charge in [-0.2, -0.15) is 0 Å². The fourth-order valence-corrected chi connectivity index (χ4v) is 1.71. The minimum atomic E-state index is -0.484. The summed E-state index contributed by atoms with van der Waals surface area (Å²) in [6.07, 6.45) is 0. The van der Waals surface area contributed by atoms with Gasteiger partial charge in [0.15, 0.2) is 0 Å². The van der Waals surface area contributed by atoms with Crippen molar-refractivity contribution in [3.63, 3.8) is 0 Å². The van der Waals surface area contributed by atoms with Crippen LogP contribution in [0.1, 0.15) is 0 Å². The van der Waals surface area contributed by atoms with E-state index in [1.54, 1.807) is 0 Å². The van der Waals surface area contributed by atoms with E-state index in [4.69, 9.17) is 11.6 Å². The van der Waals surface area contributed by atoms with E-state index in [1.165, 1.54) is 30.3 Å². The van der Waals surface area contributed by atoms with Crippen LogP contribution in [-0.2, 0) is 0 Å². The molecule has 4 heteroatoms. The highest BCUT2D eigenvalue weighted by molar-refractivity contribution is 6.33. The third-order valence-corrected chi connectivity index (χ3v) is 2.55. The van der Waals surface area contributed by atoms with Gasteiger partial charge in [-0.15, -0.1) is 0 Å². The Labute approximate surface area is 96.5 Å². The van der Waals surface area contributed by atoms with E-state index in [0.717, 1.165) is 6.07 Å². The van der Waals surface area contributed by atoms with Crippen molar-refractivity contribution in [1.29, 1.82) is 0 Å². The summed E-state index contributed by atoms with van der Waals surface area (Å²) in [6, 6.07) is 8.03. The zero-order valence-electron chi connectivity index (χ0n) is 8.11. The number of aromatic hydroxyl groups is 2. The lowest BCUT2D eigenvalue weighted by atomic mass is 10.0. The topological polar surface area (TPSA) is 40.5 Å². The molecule has 0 fully saturated rings. The summed E-state index contributed by atoms with van der Waals surface area (Å²) >= 11 is 5.89. The number of halogens is 2. The average molecular weight is 239 g/mol. The van der Waals surface area contributed by atoms with Crippen molar-refractivity contribution >= 4 is 11.6 Å². The molecule has 0 aliphatic heterocycles. The van der Waals surface area contributed by atoms with Crippen molar-refractivity contribution in [2.24, 2.45) is 0 Å². The van der Waals surface area contributed by atoms with Crippen LogP contribution in [0.5, 0.6) is 11.5 Å². The van der Waals surface area contributed by atoms with Gasteiger partial charge in [-0.05, 0) is 30.3 Å². The quantitative estimate of drug-likeness (QED) is 0.798. The van der Waals surface area contributed by atoms with Crippen LogP contribution in [0.25, 0.3) is 11.1 Å². The molecule has 0 radical (unpaired) electrons. The van der Waals surface area contributed by atoms with Crippen molar-refractivity contribution in [2.45, 2.75) is 0 Å². The molecular weight excluding hydrogens is 231 g/mol. The average Bonchev–Trinajstić information content (AvgIpc) is 2.23. The number of phenolic OH excluding ortho intramolecular Hbond substituents is 2. The molecule has 16 heavy (non-hydrogen) atoms. The second-order valence-electron chi connectivity index (χ2n) is 3.30. The van der Waals surface area contributed by atoms with Gasteiger partial charge in [0.2, 0.25) is 0 Å². The third-order valence-electron chi connectivity index (χ3n) is 2.22. The first kappa shape index (κ1) is 10.8. The third kappa shape index (κ3) is 1.82. The SMILES string of the molecule is Oc1cccc(O)c1-c1cc(F)ccc1Cl. The van der Waals surface area contributed by atoms with E-state index in [2.05, 4.69) is 0 Å². The maximum absolute atomic E-state index is 13.1. The van der Waals surface area contributed by atoms with Gasteiger partial charge >= 0.3 is 0 Å². The number of hydrogen-bond donors (Lipinski definition) is 2. The van der Waals surface area contributed by atoms with Crippen LogP contribution in [0.2, 0.25) is 5.02 Å². The van der Waals surface area contributed by atoms with Crippen molar-refractivity contribution in [3.8, 4) is 22.6 Å². The Morgan fingerprint density at radius 3 is 2.25 bits per heavy atom. The molecule has 2 rings (SSSR count). The van der Waals surface area contributed by atoms with Crippen LogP contribution >= 0.6 is 11.6 Å².